The third-order valence-corrected chi connectivity index (χ3v) is 6.42. The number of carbonyl (C=O) groups is 2. The van der Waals surface area contributed by atoms with Crippen LogP contribution in [0.2, 0.25) is 5.02 Å². The van der Waals surface area contributed by atoms with Crippen LogP contribution >= 0.6 is 11.6 Å². The maximum Gasteiger partial charge on any atom is 0.262 e. The lowest BCUT2D eigenvalue weighted by atomic mass is 9.90. The van der Waals surface area contributed by atoms with Gasteiger partial charge in [-0.2, -0.15) is 8.78 Å². The van der Waals surface area contributed by atoms with Gasteiger partial charge in [0, 0.05) is 34.8 Å². The summed E-state index contributed by atoms with van der Waals surface area (Å²) in [6, 6.07) is 13.1. The molecule has 1 fully saturated rings. The zero-order chi connectivity index (χ0) is 25.1. The van der Waals surface area contributed by atoms with Crippen LogP contribution < -0.4 is 4.74 Å². The smallest absolute Gasteiger partial charge is 0.262 e. The van der Waals surface area contributed by atoms with E-state index in [2.05, 4.69) is 0 Å². The summed E-state index contributed by atoms with van der Waals surface area (Å²) in [5.41, 5.74) is -0.0351. The number of hydrogen-bond acceptors (Lipinski definition) is 3. The fourth-order valence-corrected chi connectivity index (χ4v) is 4.83. The van der Waals surface area contributed by atoms with Crippen molar-refractivity contribution in [2.24, 2.45) is 0 Å². The van der Waals surface area contributed by atoms with E-state index >= 15 is 0 Å². The molecule has 5 nitrogen and oxygen atoms in total. The van der Waals surface area contributed by atoms with Crippen molar-refractivity contribution in [1.82, 2.24) is 9.80 Å². The molecule has 3 aromatic rings. The standard InChI is InChI=1S/C24H14ClF5N2O3/c25-13-7-5-12(6-8-13)24-15-4-2-1-3-14(15)23(34)32(24)10-9-31(24)16(33)11-35-22-20(29)18(27)17(26)19(28)21(22)30/h1-8H,9-11H2. The van der Waals surface area contributed by atoms with Gasteiger partial charge in [0.2, 0.25) is 29.1 Å². The minimum absolute atomic E-state index is 0.0298. The number of amides is 2. The Bertz CT molecular complexity index is 1360. The molecule has 2 aliphatic rings. The summed E-state index contributed by atoms with van der Waals surface area (Å²) >= 11 is 6.03. The van der Waals surface area contributed by atoms with E-state index in [0.717, 1.165) is 0 Å². The van der Waals surface area contributed by atoms with E-state index in [0.29, 0.717) is 21.7 Å². The zero-order valence-corrected chi connectivity index (χ0v) is 18.4. The molecule has 2 heterocycles. The van der Waals surface area contributed by atoms with Crippen LogP contribution in [0.4, 0.5) is 22.0 Å². The Morgan fingerprint density at radius 3 is 2.14 bits per heavy atom. The van der Waals surface area contributed by atoms with Crippen molar-refractivity contribution in [3.8, 4) is 5.75 Å². The Balaban J connectivity index is 1.56. The van der Waals surface area contributed by atoms with Crippen molar-refractivity contribution < 1.29 is 36.3 Å². The molecule has 3 aromatic carbocycles. The molecule has 180 valence electrons. The highest BCUT2D eigenvalue weighted by Gasteiger charge is 2.59. The zero-order valence-electron chi connectivity index (χ0n) is 17.6. The summed E-state index contributed by atoms with van der Waals surface area (Å²) in [7, 11) is 0. The molecule has 2 aliphatic heterocycles. The minimum Gasteiger partial charge on any atom is -0.477 e. The Morgan fingerprint density at radius 2 is 1.49 bits per heavy atom. The monoisotopic (exact) mass is 508 g/mol. The van der Waals surface area contributed by atoms with E-state index in [9.17, 15) is 31.5 Å². The lowest BCUT2D eigenvalue weighted by molar-refractivity contribution is -0.138. The molecule has 35 heavy (non-hydrogen) atoms. The summed E-state index contributed by atoms with van der Waals surface area (Å²) < 4.78 is 73.3. The molecule has 1 atom stereocenters. The normalized spacial score (nSPS) is 18.6. The Morgan fingerprint density at radius 1 is 0.886 bits per heavy atom. The van der Waals surface area contributed by atoms with Crippen molar-refractivity contribution in [3.05, 3.63) is 99.3 Å². The second-order valence-corrected chi connectivity index (χ2v) is 8.35. The number of carbonyl (C=O) groups excluding carboxylic acids is 2. The van der Waals surface area contributed by atoms with Crippen LogP contribution in [-0.4, -0.2) is 41.3 Å². The molecule has 0 N–H and O–H groups in total. The molecule has 5 rings (SSSR count). The van der Waals surface area contributed by atoms with Crippen LogP contribution in [0.15, 0.2) is 48.5 Å². The Hall–Kier alpha value is -3.66. The third-order valence-electron chi connectivity index (χ3n) is 6.16. The van der Waals surface area contributed by atoms with Gasteiger partial charge in [-0.15, -0.1) is 0 Å². The third kappa shape index (κ3) is 3.19. The molecular formula is C24H14ClF5N2O3. The predicted octanol–water partition coefficient (Wildman–Crippen LogP) is 4.61. The number of ether oxygens (including phenoxy) is 1. The molecule has 0 saturated carbocycles. The highest BCUT2D eigenvalue weighted by Crippen LogP contribution is 2.49. The van der Waals surface area contributed by atoms with Gasteiger partial charge in [-0.1, -0.05) is 41.9 Å². The lowest BCUT2D eigenvalue weighted by Gasteiger charge is -2.40. The second kappa shape index (κ2) is 8.23. The first-order valence-electron chi connectivity index (χ1n) is 10.3. The topological polar surface area (TPSA) is 49.9 Å². The average molecular weight is 509 g/mol. The Kier molecular flexibility index (Phi) is 5.43. The van der Waals surface area contributed by atoms with Gasteiger partial charge >= 0.3 is 0 Å². The fraction of sp³-hybridized carbons (Fsp3) is 0.167. The van der Waals surface area contributed by atoms with Gasteiger partial charge in [0.05, 0.1) is 0 Å². The molecule has 11 heteroatoms. The average Bonchev–Trinajstić information content (AvgIpc) is 3.37. The maximum atomic E-state index is 14.0. The number of fused-ring (bicyclic) bond motifs is 3. The van der Waals surface area contributed by atoms with Crippen LogP contribution in [0.1, 0.15) is 21.5 Å². The number of rotatable bonds is 4. The molecule has 0 aromatic heterocycles. The number of benzene rings is 3. The van der Waals surface area contributed by atoms with Gasteiger partial charge in [-0.25, -0.2) is 13.2 Å². The number of hydrogen-bond donors (Lipinski definition) is 0. The SMILES string of the molecule is O=C(COc1c(F)c(F)c(F)c(F)c1F)N1CCN2C(=O)c3ccccc3C12c1ccc(Cl)cc1. The molecule has 0 spiro atoms. The highest BCUT2D eigenvalue weighted by molar-refractivity contribution is 6.30. The van der Waals surface area contributed by atoms with Crippen LogP contribution in [0.5, 0.6) is 5.75 Å². The summed E-state index contributed by atoms with van der Waals surface area (Å²) in [6.07, 6.45) is 0. The molecule has 1 unspecified atom stereocenters. The Labute approximate surface area is 200 Å². The van der Waals surface area contributed by atoms with E-state index in [-0.39, 0.29) is 19.0 Å². The van der Waals surface area contributed by atoms with Gasteiger partial charge in [0.1, 0.15) is 0 Å². The first kappa shape index (κ1) is 23.1. The van der Waals surface area contributed by atoms with Gasteiger partial charge in [0.15, 0.2) is 18.0 Å². The van der Waals surface area contributed by atoms with Gasteiger partial charge in [-0.3, -0.25) is 9.59 Å². The van der Waals surface area contributed by atoms with Crippen LogP contribution in [0.3, 0.4) is 0 Å². The van der Waals surface area contributed by atoms with Crippen molar-refractivity contribution in [1.29, 1.82) is 0 Å². The predicted molar refractivity (Wildman–Crippen MR) is 113 cm³/mol. The lowest BCUT2D eigenvalue weighted by Crippen LogP contribution is -2.52. The summed E-state index contributed by atoms with van der Waals surface area (Å²) in [5, 5.41) is 0.417. The summed E-state index contributed by atoms with van der Waals surface area (Å²) in [4.78, 5) is 29.3. The molecule has 0 bridgehead atoms. The van der Waals surface area contributed by atoms with E-state index in [1.54, 1.807) is 48.5 Å². The minimum atomic E-state index is -2.34. The second-order valence-electron chi connectivity index (χ2n) is 7.91. The van der Waals surface area contributed by atoms with E-state index in [1.165, 1.54) is 9.80 Å². The van der Waals surface area contributed by atoms with Gasteiger partial charge in [0.25, 0.3) is 11.8 Å². The van der Waals surface area contributed by atoms with Gasteiger partial charge in [-0.05, 0) is 18.2 Å². The van der Waals surface area contributed by atoms with E-state index < -0.39 is 53.0 Å². The quantitative estimate of drug-likeness (QED) is 0.294. The number of nitrogens with zero attached hydrogens (tertiary/aromatic N) is 2. The van der Waals surface area contributed by atoms with Crippen LogP contribution in [-0.2, 0) is 10.5 Å². The molecule has 0 radical (unpaired) electrons. The van der Waals surface area contributed by atoms with Crippen molar-refractivity contribution in [3.63, 3.8) is 0 Å². The van der Waals surface area contributed by atoms with Crippen LogP contribution in [0, 0.1) is 29.1 Å². The highest BCUT2D eigenvalue weighted by atomic mass is 35.5. The molecule has 2 amide bonds. The van der Waals surface area contributed by atoms with Crippen LogP contribution in [0.25, 0.3) is 0 Å². The molecule has 0 aliphatic carbocycles. The van der Waals surface area contributed by atoms with Crippen molar-refractivity contribution >= 4 is 23.4 Å². The van der Waals surface area contributed by atoms with Crippen molar-refractivity contribution in [2.75, 3.05) is 19.7 Å². The van der Waals surface area contributed by atoms with Gasteiger partial charge < -0.3 is 14.5 Å². The van der Waals surface area contributed by atoms with E-state index in [4.69, 9.17) is 16.3 Å². The summed E-state index contributed by atoms with van der Waals surface area (Å²) in [5.74, 6) is -13.8. The number of halogens is 6. The maximum absolute atomic E-state index is 14.0. The largest absolute Gasteiger partial charge is 0.477 e. The van der Waals surface area contributed by atoms with Crippen molar-refractivity contribution in [2.45, 2.75) is 5.66 Å². The molecular weight excluding hydrogens is 495 g/mol. The fourth-order valence-electron chi connectivity index (χ4n) is 4.71. The first-order chi connectivity index (χ1) is 16.7. The molecule has 1 saturated heterocycles. The summed E-state index contributed by atoms with van der Waals surface area (Å²) in [6.45, 7) is -0.885. The van der Waals surface area contributed by atoms with E-state index in [1.807, 2.05) is 0 Å². The first-order valence-corrected chi connectivity index (χ1v) is 10.7.